The van der Waals surface area contributed by atoms with E-state index >= 15 is 0 Å². The second kappa shape index (κ2) is 5.80. The number of hydrogen-bond acceptors (Lipinski definition) is 3. The lowest BCUT2D eigenvalue weighted by molar-refractivity contribution is 1.27. The average molecular weight is 285 g/mol. The third kappa shape index (κ3) is 2.83. The molecule has 0 saturated heterocycles. The molecule has 0 amide bonds. The van der Waals surface area contributed by atoms with E-state index in [1.165, 1.54) is 17.4 Å². The lowest BCUT2D eigenvalue weighted by Crippen LogP contribution is -1.79. The van der Waals surface area contributed by atoms with Gasteiger partial charge in [-0.2, -0.15) is 0 Å². The number of fused-ring (bicyclic) bond motifs is 1. The maximum Gasteiger partial charge on any atom is 0.123 e. The fourth-order valence-electron chi connectivity index (χ4n) is 1.65. The van der Waals surface area contributed by atoms with Crippen LogP contribution in [0.25, 0.3) is 21.5 Å². The summed E-state index contributed by atoms with van der Waals surface area (Å²) >= 11 is 1.18. The van der Waals surface area contributed by atoms with E-state index in [-0.39, 0.29) is 29.6 Å². The number of aryl methyl sites for hydroxylation is 1. The van der Waals surface area contributed by atoms with E-state index in [1.54, 1.807) is 35.7 Å². The van der Waals surface area contributed by atoms with Crippen LogP contribution in [0.4, 0.5) is 0 Å². The summed E-state index contributed by atoms with van der Waals surface area (Å²) in [6.07, 6.45) is -0.371. The van der Waals surface area contributed by atoms with Gasteiger partial charge in [0.2, 0.25) is 0 Å². The van der Waals surface area contributed by atoms with Gasteiger partial charge < -0.3 is 0 Å². The van der Waals surface area contributed by atoms with Crippen LogP contribution in [0, 0.1) is 6.85 Å². The standard InChI is InChI=1S/C17H14N2S/c1-13-9-10-14-6-2-3-7-15(12-20-17(14)19-13)16-8-4-5-11-18-16/h2-12H,1H3/i1D3,4D,5D,8D,11D. The average Bonchev–Trinajstić information content (AvgIpc) is 2.72. The minimum absolute atomic E-state index is 0.0101. The van der Waals surface area contributed by atoms with Crippen molar-refractivity contribution in [3.63, 3.8) is 0 Å². The molecule has 2 nitrogen and oxygen atoms in total. The van der Waals surface area contributed by atoms with Crippen molar-refractivity contribution >= 4 is 21.6 Å². The molecule has 0 unspecified atom stereocenters. The lowest BCUT2D eigenvalue weighted by atomic mass is 10.2. The van der Waals surface area contributed by atoms with Crippen LogP contribution >= 0.6 is 11.3 Å². The van der Waals surface area contributed by atoms with Gasteiger partial charge >= 0.3 is 0 Å². The molecule has 0 aliphatic heterocycles. The zero-order valence-electron chi connectivity index (χ0n) is 17.3. The number of rotatable bonds is 1. The molecule has 0 N–H and O–H groups in total. The molecule has 98 valence electrons. The van der Waals surface area contributed by atoms with Crippen LogP contribution in [0.1, 0.15) is 15.3 Å². The van der Waals surface area contributed by atoms with Gasteiger partial charge in [0.25, 0.3) is 0 Å². The van der Waals surface area contributed by atoms with Gasteiger partial charge in [0, 0.05) is 32.3 Å². The highest BCUT2D eigenvalue weighted by Crippen LogP contribution is 2.20. The number of nitrogens with zero attached hydrogens (tertiary/aromatic N) is 2. The van der Waals surface area contributed by atoms with Gasteiger partial charge in [-0.1, -0.05) is 36.4 Å². The third-order valence-electron chi connectivity index (χ3n) is 2.59. The largest absolute Gasteiger partial charge is 0.256 e. The molecule has 0 atom stereocenters. The molecule has 3 heterocycles. The molecule has 3 rings (SSSR count). The van der Waals surface area contributed by atoms with E-state index in [2.05, 4.69) is 9.97 Å². The fourth-order valence-corrected chi connectivity index (χ4v) is 2.50. The zero-order valence-corrected chi connectivity index (χ0v) is 11.2. The van der Waals surface area contributed by atoms with Crippen molar-refractivity contribution in [2.75, 3.05) is 0 Å². The molecule has 0 radical (unpaired) electrons. The third-order valence-corrected chi connectivity index (χ3v) is 3.51. The first-order valence-corrected chi connectivity index (χ1v) is 6.74. The van der Waals surface area contributed by atoms with E-state index in [4.69, 9.17) is 9.60 Å². The van der Waals surface area contributed by atoms with Gasteiger partial charge in [-0.05, 0) is 25.0 Å². The Balaban J connectivity index is 2.27. The smallest absolute Gasteiger partial charge is 0.123 e. The first kappa shape index (κ1) is 6.95. The highest BCUT2D eigenvalue weighted by atomic mass is 32.1. The molecule has 0 fully saturated rings. The van der Waals surface area contributed by atoms with Crippen LogP contribution in [-0.2, 0) is 0 Å². The summed E-state index contributed by atoms with van der Waals surface area (Å²) in [5.74, 6) is 0. The summed E-state index contributed by atoms with van der Waals surface area (Å²) < 4.78 is 53.8. The summed E-state index contributed by atoms with van der Waals surface area (Å²) in [6, 6.07) is 9.12. The molecule has 3 aromatic heterocycles. The number of pyridine rings is 2. The Hall–Kier alpha value is -2.26. The Morgan fingerprint density at radius 2 is 2.10 bits per heavy atom. The molecule has 0 aliphatic carbocycles. The van der Waals surface area contributed by atoms with Gasteiger partial charge in [0.15, 0.2) is 0 Å². The maximum atomic E-state index is 8.07. The van der Waals surface area contributed by atoms with Gasteiger partial charge in [-0.3, -0.25) is 4.98 Å². The second-order valence-electron chi connectivity index (χ2n) is 3.95. The zero-order chi connectivity index (χ0) is 19.8. The van der Waals surface area contributed by atoms with Crippen LogP contribution < -0.4 is 0 Å². The predicted octanol–water partition coefficient (Wildman–Crippen LogP) is 4.79. The number of hydrogen-bond donors (Lipinski definition) is 0. The first-order valence-electron chi connectivity index (χ1n) is 9.36. The molecule has 3 aromatic rings. The van der Waals surface area contributed by atoms with Gasteiger partial charge in [-0.25, -0.2) is 4.98 Å². The molecule has 20 heavy (non-hydrogen) atoms. The molecular formula is C17H14N2S. The summed E-state index contributed by atoms with van der Waals surface area (Å²) in [7, 11) is 0. The van der Waals surface area contributed by atoms with Crippen molar-refractivity contribution in [3.8, 4) is 11.3 Å². The van der Waals surface area contributed by atoms with Crippen LogP contribution in [0.3, 0.4) is 0 Å². The highest BCUT2D eigenvalue weighted by molar-refractivity contribution is 7.16. The van der Waals surface area contributed by atoms with E-state index in [0.29, 0.717) is 10.4 Å². The molecule has 0 aliphatic rings. The first-order chi connectivity index (χ1) is 12.7. The Kier molecular flexibility index (Phi) is 2.02. The summed E-state index contributed by atoms with van der Waals surface area (Å²) in [5.41, 5.74) is 0.586. The predicted molar refractivity (Wildman–Crippen MR) is 85.2 cm³/mol. The van der Waals surface area contributed by atoms with Crippen LogP contribution in [0.15, 0.2) is 66.1 Å². The molecular weight excluding hydrogens is 264 g/mol. The minimum atomic E-state index is -2.32. The monoisotopic (exact) mass is 285 g/mol. The Labute approximate surface area is 131 Å². The van der Waals surface area contributed by atoms with Crippen molar-refractivity contribution in [1.82, 2.24) is 9.97 Å². The SMILES string of the molecule is [2H]c1nc(-c2ccccc3ccc(C([2H])([2H])[2H])nc3sc2)c([2H])c([2H])c1[2H]. The van der Waals surface area contributed by atoms with E-state index < -0.39 is 12.9 Å². The van der Waals surface area contributed by atoms with Crippen molar-refractivity contribution < 1.29 is 9.60 Å². The molecule has 0 bridgehead atoms. The summed E-state index contributed by atoms with van der Waals surface area (Å²) in [4.78, 5) is 8.70. The van der Waals surface area contributed by atoms with Crippen molar-refractivity contribution in [2.24, 2.45) is 0 Å². The van der Waals surface area contributed by atoms with E-state index in [1.807, 2.05) is 0 Å². The summed E-state index contributed by atoms with van der Waals surface area (Å²) in [5, 5.41) is 2.40. The normalized spacial score (nSPS) is 15.9. The van der Waals surface area contributed by atoms with Crippen molar-refractivity contribution in [2.45, 2.75) is 6.85 Å². The molecule has 3 heteroatoms. The van der Waals surface area contributed by atoms with Crippen LogP contribution in [-0.4, -0.2) is 9.97 Å². The Morgan fingerprint density at radius 1 is 1.15 bits per heavy atom. The van der Waals surface area contributed by atoms with Crippen molar-refractivity contribution in [3.05, 3.63) is 71.8 Å². The topological polar surface area (TPSA) is 25.8 Å². The molecule has 0 saturated carbocycles. The van der Waals surface area contributed by atoms with E-state index in [9.17, 15) is 0 Å². The minimum Gasteiger partial charge on any atom is -0.256 e. The highest BCUT2D eigenvalue weighted by Gasteiger charge is 1.96. The fraction of sp³-hybridized carbons (Fsp3) is 0.0588. The lowest BCUT2D eigenvalue weighted by Gasteiger charge is -1.96. The Bertz CT molecular complexity index is 1070. The van der Waals surface area contributed by atoms with E-state index in [0.717, 1.165) is 5.39 Å². The molecule has 0 aromatic carbocycles. The van der Waals surface area contributed by atoms with Gasteiger partial charge in [-0.15, -0.1) is 11.3 Å². The Morgan fingerprint density at radius 3 is 3.05 bits per heavy atom. The van der Waals surface area contributed by atoms with Gasteiger partial charge in [0.05, 0.1) is 11.2 Å². The van der Waals surface area contributed by atoms with Crippen LogP contribution in [0.5, 0.6) is 0 Å². The second-order valence-corrected chi connectivity index (χ2v) is 4.81. The molecule has 0 spiro atoms. The summed E-state index contributed by atoms with van der Waals surface area (Å²) in [6.45, 7) is -2.32. The number of aromatic nitrogens is 2. The van der Waals surface area contributed by atoms with Gasteiger partial charge in [0.1, 0.15) is 4.83 Å². The van der Waals surface area contributed by atoms with Crippen molar-refractivity contribution in [1.29, 1.82) is 0 Å². The van der Waals surface area contributed by atoms with Crippen LogP contribution in [0.2, 0.25) is 0 Å². The maximum absolute atomic E-state index is 8.07. The quantitative estimate of drug-likeness (QED) is 0.642.